The van der Waals surface area contributed by atoms with Crippen LogP contribution in [0.4, 0.5) is 0 Å². The molecule has 9 heteroatoms. The molecule has 3 rings (SSSR count). The molecule has 0 aromatic heterocycles. The molecule has 2 fully saturated rings. The van der Waals surface area contributed by atoms with E-state index in [2.05, 4.69) is 5.32 Å². The van der Waals surface area contributed by atoms with Gasteiger partial charge in [0.2, 0.25) is 5.91 Å². The lowest BCUT2D eigenvalue weighted by molar-refractivity contribution is -0.151. The van der Waals surface area contributed by atoms with Crippen LogP contribution in [0.5, 0.6) is 0 Å². The molecule has 1 aromatic carbocycles. The molecule has 0 saturated carbocycles. The van der Waals surface area contributed by atoms with Crippen molar-refractivity contribution in [1.82, 2.24) is 10.2 Å². The van der Waals surface area contributed by atoms with Crippen molar-refractivity contribution in [3.8, 4) is 0 Å². The number of ether oxygens (including phenoxy) is 2. The van der Waals surface area contributed by atoms with E-state index in [4.69, 9.17) is 9.47 Å². The molecule has 2 heterocycles. The third-order valence-corrected chi connectivity index (χ3v) is 6.36. The Balaban J connectivity index is 1.52. The molecule has 1 N–H and O–H groups in total. The van der Waals surface area contributed by atoms with E-state index < -0.39 is 29.4 Å². The summed E-state index contributed by atoms with van der Waals surface area (Å²) in [5, 5.41) is 2.43. The van der Waals surface area contributed by atoms with Gasteiger partial charge in [0, 0.05) is 11.5 Å². The summed E-state index contributed by atoms with van der Waals surface area (Å²) in [5.41, 5.74) is 0.909. The van der Waals surface area contributed by atoms with Crippen molar-refractivity contribution in [2.24, 2.45) is 0 Å². The average molecular weight is 396 g/mol. The fourth-order valence-electron chi connectivity index (χ4n) is 2.75. The summed E-state index contributed by atoms with van der Waals surface area (Å²) in [4.78, 5) is 38.2. The van der Waals surface area contributed by atoms with E-state index in [1.807, 2.05) is 30.3 Å². The van der Waals surface area contributed by atoms with Crippen LogP contribution >= 0.6 is 23.5 Å². The minimum Gasteiger partial charge on any atom is -0.467 e. The minimum absolute atomic E-state index is 0.184. The summed E-state index contributed by atoms with van der Waals surface area (Å²) >= 11 is 2.85. The number of benzene rings is 1. The average Bonchev–Trinajstić information content (AvgIpc) is 3.35. The van der Waals surface area contributed by atoms with Gasteiger partial charge in [-0.1, -0.05) is 30.3 Å². The van der Waals surface area contributed by atoms with Gasteiger partial charge in [-0.15, -0.1) is 23.5 Å². The van der Waals surface area contributed by atoms with E-state index in [1.165, 1.54) is 35.5 Å². The van der Waals surface area contributed by atoms with Crippen molar-refractivity contribution < 1.29 is 23.9 Å². The lowest BCUT2D eigenvalue weighted by Crippen LogP contribution is -2.51. The van der Waals surface area contributed by atoms with Crippen LogP contribution in [0.1, 0.15) is 5.56 Å². The Bertz CT molecular complexity index is 672. The van der Waals surface area contributed by atoms with Gasteiger partial charge in [-0.2, -0.15) is 0 Å². The lowest BCUT2D eigenvalue weighted by atomic mass is 10.2. The molecule has 140 valence electrons. The molecule has 1 amide bonds. The maximum Gasteiger partial charge on any atom is 0.333 e. The first-order chi connectivity index (χ1) is 12.6. The number of nitrogens with zero attached hydrogens (tertiary/aromatic N) is 1. The Hall–Kier alpha value is -1.71. The lowest BCUT2D eigenvalue weighted by Gasteiger charge is -2.24. The Morgan fingerprint density at radius 2 is 1.96 bits per heavy atom. The third-order valence-electron chi connectivity index (χ3n) is 4.16. The summed E-state index contributed by atoms with van der Waals surface area (Å²) in [7, 11) is 1.32. The van der Waals surface area contributed by atoms with Crippen LogP contribution < -0.4 is 5.32 Å². The second kappa shape index (κ2) is 8.79. The second-order valence-corrected chi connectivity index (χ2v) is 8.01. The molecular formula is C17H20N2O5S2. The summed E-state index contributed by atoms with van der Waals surface area (Å²) in [6.45, 7) is 0.199. The number of carbonyl (C=O) groups excluding carboxylic acids is 3. The maximum absolute atomic E-state index is 12.7. The molecule has 7 nitrogen and oxygen atoms in total. The molecule has 26 heavy (non-hydrogen) atoms. The van der Waals surface area contributed by atoms with Gasteiger partial charge < -0.3 is 14.4 Å². The van der Waals surface area contributed by atoms with E-state index in [-0.39, 0.29) is 12.5 Å². The molecule has 2 saturated heterocycles. The van der Waals surface area contributed by atoms with Crippen LogP contribution in [-0.2, 0) is 30.5 Å². The first kappa shape index (κ1) is 19.1. The number of methoxy groups -OCH3 is 1. The van der Waals surface area contributed by atoms with Crippen molar-refractivity contribution in [3.63, 3.8) is 0 Å². The first-order valence-corrected chi connectivity index (χ1v) is 10.3. The number of nitrogens with one attached hydrogen (secondary N) is 1. The summed E-state index contributed by atoms with van der Waals surface area (Å²) < 4.78 is 10.1. The van der Waals surface area contributed by atoms with Crippen molar-refractivity contribution in [2.45, 2.75) is 24.1 Å². The summed E-state index contributed by atoms with van der Waals surface area (Å²) in [5.74, 6) is 0.447. The van der Waals surface area contributed by atoms with Gasteiger partial charge in [-0.25, -0.2) is 9.59 Å². The molecule has 0 aliphatic carbocycles. The van der Waals surface area contributed by atoms with E-state index in [0.717, 1.165) is 5.56 Å². The SMILES string of the molecule is COC(=O)C1CSCN1C(=O)C1CSC(C(=O)OCc2ccccc2)N1. The van der Waals surface area contributed by atoms with Crippen molar-refractivity contribution in [1.29, 1.82) is 0 Å². The Kier molecular flexibility index (Phi) is 6.44. The van der Waals surface area contributed by atoms with Crippen molar-refractivity contribution >= 4 is 41.4 Å². The number of carbonyl (C=O) groups is 3. The smallest absolute Gasteiger partial charge is 0.333 e. The zero-order valence-corrected chi connectivity index (χ0v) is 15.9. The molecule has 0 radical (unpaired) electrons. The van der Waals surface area contributed by atoms with Gasteiger partial charge >= 0.3 is 11.9 Å². The predicted octanol–water partition coefficient (Wildman–Crippen LogP) is 0.835. The minimum atomic E-state index is -0.584. The van der Waals surface area contributed by atoms with Gasteiger partial charge in [0.05, 0.1) is 19.0 Å². The molecule has 3 atom stereocenters. The molecule has 0 spiro atoms. The molecule has 0 bridgehead atoms. The number of esters is 2. The maximum atomic E-state index is 12.7. The quantitative estimate of drug-likeness (QED) is 0.733. The number of amides is 1. The van der Waals surface area contributed by atoms with E-state index >= 15 is 0 Å². The van der Waals surface area contributed by atoms with Gasteiger partial charge in [0.15, 0.2) is 5.37 Å². The monoisotopic (exact) mass is 396 g/mol. The Morgan fingerprint density at radius 3 is 2.69 bits per heavy atom. The van der Waals surface area contributed by atoms with Crippen LogP contribution in [0, 0.1) is 0 Å². The van der Waals surface area contributed by atoms with Crippen LogP contribution in [0.15, 0.2) is 30.3 Å². The van der Waals surface area contributed by atoms with Gasteiger partial charge in [0.25, 0.3) is 0 Å². The highest BCUT2D eigenvalue weighted by molar-refractivity contribution is 8.00. The summed E-state index contributed by atoms with van der Waals surface area (Å²) in [6, 6.07) is 8.35. The second-order valence-electron chi connectivity index (χ2n) is 5.87. The highest BCUT2D eigenvalue weighted by atomic mass is 32.2. The number of rotatable bonds is 5. The normalized spacial score (nSPS) is 25.1. The van der Waals surface area contributed by atoms with E-state index in [9.17, 15) is 14.4 Å². The first-order valence-electron chi connectivity index (χ1n) is 8.14. The zero-order chi connectivity index (χ0) is 18.5. The number of hydrogen-bond acceptors (Lipinski definition) is 8. The highest BCUT2D eigenvalue weighted by Gasteiger charge is 2.42. The summed E-state index contributed by atoms with van der Waals surface area (Å²) in [6.07, 6.45) is 0. The van der Waals surface area contributed by atoms with Gasteiger partial charge in [-0.3, -0.25) is 10.1 Å². The number of thioether (sulfide) groups is 2. The van der Waals surface area contributed by atoms with Gasteiger partial charge in [0.1, 0.15) is 12.6 Å². The number of hydrogen-bond donors (Lipinski definition) is 1. The molecule has 1 aromatic rings. The fraction of sp³-hybridized carbons (Fsp3) is 0.471. The fourth-order valence-corrected chi connectivity index (χ4v) is 4.98. The van der Waals surface area contributed by atoms with Crippen LogP contribution in [0.25, 0.3) is 0 Å². The molecular weight excluding hydrogens is 376 g/mol. The molecule has 3 unspecified atom stereocenters. The van der Waals surface area contributed by atoms with Gasteiger partial charge in [-0.05, 0) is 5.56 Å². The Morgan fingerprint density at radius 1 is 1.19 bits per heavy atom. The van der Waals surface area contributed by atoms with Crippen molar-refractivity contribution in [3.05, 3.63) is 35.9 Å². The van der Waals surface area contributed by atoms with E-state index in [1.54, 1.807) is 0 Å². The van der Waals surface area contributed by atoms with Crippen LogP contribution in [0.3, 0.4) is 0 Å². The van der Waals surface area contributed by atoms with E-state index in [0.29, 0.717) is 17.4 Å². The largest absolute Gasteiger partial charge is 0.467 e. The van der Waals surface area contributed by atoms with Crippen molar-refractivity contribution in [2.75, 3.05) is 24.5 Å². The standard InChI is InChI=1S/C17H20N2O5S2/c1-23-16(21)13-9-25-10-19(13)15(20)12-8-26-14(18-12)17(22)24-7-11-5-3-2-4-6-11/h2-6,12-14,18H,7-10H2,1H3. The predicted molar refractivity (Wildman–Crippen MR) is 99.4 cm³/mol. The van der Waals surface area contributed by atoms with Crippen LogP contribution in [-0.4, -0.2) is 64.7 Å². The third kappa shape index (κ3) is 4.33. The molecule has 2 aliphatic heterocycles. The van der Waals surface area contributed by atoms with Crippen LogP contribution in [0.2, 0.25) is 0 Å². The topological polar surface area (TPSA) is 84.9 Å². The Labute approximate surface area is 160 Å². The highest BCUT2D eigenvalue weighted by Crippen LogP contribution is 2.27. The zero-order valence-electron chi connectivity index (χ0n) is 14.3. The molecule has 2 aliphatic rings.